The lowest BCUT2D eigenvalue weighted by molar-refractivity contribution is -0.125. The van der Waals surface area contributed by atoms with Crippen LogP contribution in [0.5, 0.6) is 0 Å². The number of para-hydroxylation sites is 1. The number of fused-ring (bicyclic) bond motifs is 2. The number of aromatic nitrogens is 2. The molecule has 0 saturated heterocycles. The molecule has 6 heteroatoms. The molecule has 160 valence electrons. The second-order valence-corrected chi connectivity index (χ2v) is 8.48. The molecule has 0 spiro atoms. The molecule has 1 aliphatic rings. The summed E-state index contributed by atoms with van der Waals surface area (Å²) in [7, 11) is 0. The van der Waals surface area contributed by atoms with Gasteiger partial charge in [-0.1, -0.05) is 50.2 Å². The van der Waals surface area contributed by atoms with Crippen LogP contribution >= 0.6 is 0 Å². The normalized spacial score (nSPS) is 16.5. The average molecular weight is 417 g/mol. The molecule has 0 fully saturated rings. The Morgan fingerprint density at radius 2 is 1.84 bits per heavy atom. The Bertz CT molecular complexity index is 1100. The first-order chi connectivity index (χ1) is 15.0. The number of anilines is 1. The maximum absolute atomic E-state index is 12.8. The van der Waals surface area contributed by atoms with Crippen LogP contribution in [0.3, 0.4) is 0 Å². The van der Waals surface area contributed by atoms with E-state index in [0.29, 0.717) is 11.6 Å². The van der Waals surface area contributed by atoms with Gasteiger partial charge in [0.05, 0.1) is 18.1 Å². The summed E-state index contributed by atoms with van der Waals surface area (Å²) in [6.45, 7) is 4.22. The van der Waals surface area contributed by atoms with Gasteiger partial charge in [0.2, 0.25) is 5.91 Å². The summed E-state index contributed by atoms with van der Waals surface area (Å²) in [4.78, 5) is 33.5. The largest absolute Gasteiger partial charge is 0.360 e. The summed E-state index contributed by atoms with van der Waals surface area (Å²) in [5, 5.41) is 7.12. The first-order valence-corrected chi connectivity index (χ1v) is 10.9. The maximum Gasteiger partial charge on any atom is 0.223 e. The van der Waals surface area contributed by atoms with Crippen LogP contribution in [0.1, 0.15) is 37.2 Å². The van der Waals surface area contributed by atoms with Gasteiger partial charge in [-0.2, -0.15) is 0 Å². The van der Waals surface area contributed by atoms with E-state index >= 15 is 0 Å². The van der Waals surface area contributed by atoms with E-state index in [-0.39, 0.29) is 30.3 Å². The van der Waals surface area contributed by atoms with Crippen molar-refractivity contribution in [2.45, 2.75) is 45.7 Å². The van der Waals surface area contributed by atoms with E-state index in [4.69, 9.17) is 0 Å². The molecule has 4 rings (SSSR count). The summed E-state index contributed by atoms with van der Waals surface area (Å²) in [5.74, 6) is 1.28. The molecule has 6 nitrogen and oxygen atoms in total. The number of nitrogens with one attached hydrogen (secondary N) is 2. The lowest BCUT2D eigenvalue weighted by atomic mass is 9.83. The summed E-state index contributed by atoms with van der Waals surface area (Å²) < 4.78 is 0. The SMILES string of the molecule is CC(C)C(C=O)Nc1nc(CNC(=O)C2CCc3ccccc3C2)nc2ccccc12. The topological polar surface area (TPSA) is 84.0 Å². The van der Waals surface area contributed by atoms with E-state index in [1.807, 2.05) is 44.2 Å². The van der Waals surface area contributed by atoms with E-state index in [1.165, 1.54) is 11.1 Å². The Kier molecular flexibility index (Phi) is 6.26. The summed E-state index contributed by atoms with van der Waals surface area (Å²) in [6.07, 6.45) is 3.45. The Hall–Kier alpha value is -3.28. The van der Waals surface area contributed by atoms with Gasteiger partial charge in [0, 0.05) is 11.3 Å². The number of aryl methyl sites for hydroxylation is 1. The molecule has 0 aliphatic heterocycles. The highest BCUT2D eigenvalue weighted by molar-refractivity contribution is 5.90. The Balaban J connectivity index is 1.49. The second-order valence-electron chi connectivity index (χ2n) is 8.48. The van der Waals surface area contributed by atoms with Crippen LogP contribution in [-0.2, 0) is 29.0 Å². The molecule has 3 aromatic rings. The van der Waals surface area contributed by atoms with Gasteiger partial charge in [-0.3, -0.25) is 4.79 Å². The van der Waals surface area contributed by atoms with Gasteiger partial charge in [0.25, 0.3) is 0 Å². The number of benzene rings is 2. The Labute approximate surface area is 182 Å². The molecule has 2 unspecified atom stereocenters. The molecule has 0 bridgehead atoms. The highest BCUT2D eigenvalue weighted by atomic mass is 16.1. The lowest BCUT2D eigenvalue weighted by Gasteiger charge is -2.23. The number of rotatable bonds is 7. The molecule has 1 amide bonds. The van der Waals surface area contributed by atoms with Crippen molar-refractivity contribution >= 4 is 28.9 Å². The minimum atomic E-state index is -0.344. The molecule has 31 heavy (non-hydrogen) atoms. The number of amides is 1. The van der Waals surface area contributed by atoms with Crippen LogP contribution in [0, 0.1) is 11.8 Å². The standard InChI is InChI=1S/C25H28N4O2/c1-16(2)22(15-30)28-24-20-9-5-6-10-21(20)27-23(29-24)14-26-25(31)19-12-11-17-7-3-4-8-18(17)13-19/h3-10,15-16,19,22H,11-14H2,1-2H3,(H,26,31)(H,27,28,29). The number of carbonyl (C=O) groups excluding carboxylic acids is 2. The van der Waals surface area contributed by atoms with Crippen molar-refractivity contribution in [2.75, 3.05) is 5.32 Å². The summed E-state index contributed by atoms with van der Waals surface area (Å²) >= 11 is 0. The predicted molar refractivity (Wildman–Crippen MR) is 122 cm³/mol. The molecular weight excluding hydrogens is 388 g/mol. The summed E-state index contributed by atoms with van der Waals surface area (Å²) in [5.41, 5.74) is 3.38. The first-order valence-electron chi connectivity index (χ1n) is 10.9. The molecule has 2 aromatic carbocycles. The number of nitrogens with zero attached hydrogens (tertiary/aromatic N) is 2. The van der Waals surface area contributed by atoms with Crippen LogP contribution in [0.15, 0.2) is 48.5 Å². The van der Waals surface area contributed by atoms with Gasteiger partial charge in [-0.15, -0.1) is 0 Å². The number of hydrogen-bond donors (Lipinski definition) is 2. The van der Waals surface area contributed by atoms with Crippen molar-refractivity contribution in [3.8, 4) is 0 Å². The third kappa shape index (κ3) is 4.74. The van der Waals surface area contributed by atoms with Crippen molar-refractivity contribution in [1.82, 2.24) is 15.3 Å². The van der Waals surface area contributed by atoms with Crippen molar-refractivity contribution in [3.63, 3.8) is 0 Å². The van der Waals surface area contributed by atoms with Gasteiger partial charge in [-0.05, 0) is 48.4 Å². The van der Waals surface area contributed by atoms with Gasteiger partial charge >= 0.3 is 0 Å². The zero-order valence-corrected chi connectivity index (χ0v) is 18.0. The Morgan fingerprint density at radius 1 is 1.10 bits per heavy atom. The lowest BCUT2D eigenvalue weighted by Crippen LogP contribution is -2.34. The summed E-state index contributed by atoms with van der Waals surface area (Å²) in [6, 6.07) is 15.7. The molecule has 2 N–H and O–H groups in total. The fourth-order valence-corrected chi connectivity index (χ4v) is 4.06. The van der Waals surface area contributed by atoms with E-state index in [1.54, 1.807) is 0 Å². The highest BCUT2D eigenvalue weighted by Crippen LogP contribution is 2.26. The van der Waals surface area contributed by atoms with Crippen molar-refractivity contribution in [3.05, 3.63) is 65.5 Å². The average Bonchev–Trinajstić information content (AvgIpc) is 2.80. The van der Waals surface area contributed by atoms with E-state index in [0.717, 1.165) is 36.5 Å². The highest BCUT2D eigenvalue weighted by Gasteiger charge is 2.24. The Morgan fingerprint density at radius 3 is 2.61 bits per heavy atom. The van der Waals surface area contributed by atoms with Crippen LogP contribution < -0.4 is 10.6 Å². The van der Waals surface area contributed by atoms with Gasteiger partial charge < -0.3 is 15.4 Å². The van der Waals surface area contributed by atoms with Gasteiger partial charge in [-0.25, -0.2) is 9.97 Å². The van der Waals surface area contributed by atoms with Gasteiger partial charge in [0.15, 0.2) is 5.82 Å². The fourth-order valence-electron chi connectivity index (χ4n) is 4.06. The molecule has 0 saturated carbocycles. The van der Waals surface area contributed by atoms with Crippen LogP contribution in [0.2, 0.25) is 0 Å². The van der Waals surface area contributed by atoms with Gasteiger partial charge in [0.1, 0.15) is 12.1 Å². The fraction of sp³-hybridized carbons (Fsp3) is 0.360. The minimum Gasteiger partial charge on any atom is -0.360 e. The van der Waals surface area contributed by atoms with Crippen molar-refractivity contribution in [2.24, 2.45) is 11.8 Å². The van der Waals surface area contributed by atoms with Crippen LogP contribution in [0.4, 0.5) is 5.82 Å². The number of carbonyl (C=O) groups is 2. The molecular formula is C25H28N4O2. The smallest absolute Gasteiger partial charge is 0.223 e. The zero-order valence-electron chi connectivity index (χ0n) is 18.0. The van der Waals surface area contributed by atoms with Crippen molar-refractivity contribution in [1.29, 1.82) is 0 Å². The minimum absolute atomic E-state index is 0.0339. The number of hydrogen-bond acceptors (Lipinski definition) is 5. The maximum atomic E-state index is 12.8. The monoisotopic (exact) mass is 416 g/mol. The van der Waals surface area contributed by atoms with Crippen LogP contribution in [-0.4, -0.2) is 28.2 Å². The van der Waals surface area contributed by atoms with Crippen LogP contribution in [0.25, 0.3) is 10.9 Å². The van der Waals surface area contributed by atoms with E-state index < -0.39 is 0 Å². The van der Waals surface area contributed by atoms with Crippen molar-refractivity contribution < 1.29 is 9.59 Å². The molecule has 1 aliphatic carbocycles. The first kappa shape index (κ1) is 21.0. The third-order valence-corrected chi connectivity index (χ3v) is 5.96. The third-order valence-electron chi connectivity index (χ3n) is 5.96. The molecule has 1 aromatic heterocycles. The van der Waals surface area contributed by atoms with E-state index in [2.05, 4.69) is 38.8 Å². The van der Waals surface area contributed by atoms with E-state index in [9.17, 15) is 9.59 Å². The predicted octanol–water partition coefficient (Wildman–Crippen LogP) is 3.69. The molecule has 2 atom stereocenters. The quantitative estimate of drug-likeness (QED) is 0.574. The molecule has 1 heterocycles. The molecule has 0 radical (unpaired) electrons. The zero-order chi connectivity index (χ0) is 21.8. The number of aldehydes is 1. The second kappa shape index (κ2) is 9.25.